The summed E-state index contributed by atoms with van der Waals surface area (Å²) in [5, 5.41) is 12.0. The van der Waals surface area contributed by atoms with Gasteiger partial charge in [-0.3, -0.25) is 0 Å². The van der Waals surface area contributed by atoms with Gasteiger partial charge in [-0.2, -0.15) is 5.26 Å². The van der Waals surface area contributed by atoms with Gasteiger partial charge in [0.2, 0.25) is 0 Å². The van der Waals surface area contributed by atoms with Crippen LogP contribution in [0.2, 0.25) is 0 Å². The highest BCUT2D eigenvalue weighted by atomic mass is 16.5. The fraction of sp³-hybridized carbons (Fsp3) is 0.923. The van der Waals surface area contributed by atoms with Crippen LogP contribution in [0.15, 0.2) is 0 Å². The molecular formula is C13H24N2O. The first-order valence-electron chi connectivity index (χ1n) is 6.31. The van der Waals surface area contributed by atoms with Crippen LogP contribution in [0.5, 0.6) is 0 Å². The average Bonchev–Trinajstić information content (AvgIpc) is 2.29. The molecule has 3 nitrogen and oxygen atoms in total. The normalized spacial score (nSPS) is 29.4. The van der Waals surface area contributed by atoms with Crippen molar-refractivity contribution in [3.63, 3.8) is 0 Å². The number of ether oxygens (including phenoxy) is 1. The molecule has 0 amide bonds. The zero-order chi connectivity index (χ0) is 12.0. The lowest BCUT2D eigenvalue weighted by molar-refractivity contribution is 0.00925. The van der Waals surface area contributed by atoms with E-state index in [0.717, 1.165) is 12.3 Å². The molecule has 92 valence electrons. The maximum atomic E-state index is 9.00. The summed E-state index contributed by atoms with van der Waals surface area (Å²) in [6, 6.07) is 2.28. The lowest BCUT2D eigenvalue weighted by atomic mass is 9.88. The van der Waals surface area contributed by atoms with Crippen LogP contribution in [0.1, 0.15) is 46.0 Å². The number of nitriles is 1. The van der Waals surface area contributed by atoms with Gasteiger partial charge in [-0.15, -0.1) is 0 Å². The molecule has 1 aliphatic carbocycles. The van der Waals surface area contributed by atoms with E-state index in [9.17, 15) is 0 Å². The van der Waals surface area contributed by atoms with E-state index < -0.39 is 5.54 Å². The molecule has 16 heavy (non-hydrogen) atoms. The predicted molar refractivity (Wildman–Crippen MR) is 65.1 cm³/mol. The number of rotatable bonds is 5. The molecule has 1 saturated carbocycles. The van der Waals surface area contributed by atoms with Crippen molar-refractivity contribution in [1.29, 1.82) is 5.26 Å². The lowest BCUT2D eigenvalue weighted by Gasteiger charge is -2.28. The molecule has 3 atom stereocenters. The first kappa shape index (κ1) is 13.5. The summed E-state index contributed by atoms with van der Waals surface area (Å²) >= 11 is 0. The summed E-state index contributed by atoms with van der Waals surface area (Å²) in [6.45, 7) is 4.89. The maximum Gasteiger partial charge on any atom is 0.105 e. The van der Waals surface area contributed by atoms with Gasteiger partial charge in [0.05, 0.1) is 12.2 Å². The molecule has 0 aromatic heterocycles. The lowest BCUT2D eigenvalue weighted by Crippen LogP contribution is -2.39. The fourth-order valence-electron chi connectivity index (χ4n) is 2.20. The van der Waals surface area contributed by atoms with E-state index in [1.807, 2.05) is 14.0 Å². The standard InChI is InChI=1S/C13H24N2O/c1-11-5-4-6-12(9-11)16-8-7-13(2,10-14)15-3/h11-12,15H,4-9H2,1-3H3. The molecule has 3 heteroatoms. The summed E-state index contributed by atoms with van der Waals surface area (Å²) in [5.41, 5.74) is -0.444. The highest BCUT2D eigenvalue weighted by Gasteiger charge is 2.23. The van der Waals surface area contributed by atoms with Crippen molar-refractivity contribution in [3.8, 4) is 6.07 Å². The Morgan fingerprint density at radius 1 is 1.50 bits per heavy atom. The molecular weight excluding hydrogens is 200 g/mol. The van der Waals surface area contributed by atoms with Gasteiger partial charge in [-0.25, -0.2) is 0 Å². The van der Waals surface area contributed by atoms with Crippen molar-refractivity contribution in [3.05, 3.63) is 0 Å². The smallest absolute Gasteiger partial charge is 0.105 e. The number of nitrogens with zero attached hydrogens (tertiary/aromatic N) is 1. The Morgan fingerprint density at radius 2 is 2.25 bits per heavy atom. The minimum atomic E-state index is -0.444. The van der Waals surface area contributed by atoms with E-state index >= 15 is 0 Å². The van der Waals surface area contributed by atoms with Crippen molar-refractivity contribution in [2.75, 3.05) is 13.7 Å². The highest BCUT2D eigenvalue weighted by molar-refractivity contribution is 5.02. The van der Waals surface area contributed by atoms with Gasteiger partial charge in [0.25, 0.3) is 0 Å². The monoisotopic (exact) mass is 224 g/mol. The SMILES string of the molecule is CNC(C)(C#N)CCOC1CCCC(C)C1. The van der Waals surface area contributed by atoms with Crippen LogP contribution in [0.4, 0.5) is 0 Å². The van der Waals surface area contributed by atoms with Crippen molar-refractivity contribution in [1.82, 2.24) is 5.32 Å². The van der Waals surface area contributed by atoms with Crippen molar-refractivity contribution < 1.29 is 4.74 Å². The zero-order valence-electron chi connectivity index (χ0n) is 10.8. The Kier molecular flexibility index (Phi) is 5.24. The molecule has 1 aliphatic rings. The van der Waals surface area contributed by atoms with Crippen LogP contribution >= 0.6 is 0 Å². The van der Waals surface area contributed by atoms with Gasteiger partial charge in [0.15, 0.2) is 0 Å². The quantitative estimate of drug-likeness (QED) is 0.780. The highest BCUT2D eigenvalue weighted by Crippen LogP contribution is 2.26. The third-order valence-corrected chi connectivity index (χ3v) is 3.64. The molecule has 0 spiro atoms. The van der Waals surface area contributed by atoms with E-state index in [0.29, 0.717) is 12.7 Å². The van der Waals surface area contributed by atoms with E-state index in [-0.39, 0.29) is 0 Å². The van der Waals surface area contributed by atoms with Crippen molar-refractivity contribution >= 4 is 0 Å². The first-order valence-corrected chi connectivity index (χ1v) is 6.31. The van der Waals surface area contributed by atoms with Gasteiger partial charge >= 0.3 is 0 Å². The van der Waals surface area contributed by atoms with Crippen LogP contribution in [0, 0.1) is 17.2 Å². The molecule has 3 unspecified atom stereocenters. The topological polar surface area (TPSA) is 45.0 Å². The molecule has 0 heterocycles. The van der Waals surface area contributed by atoms with Gasteiger partial charge in [-0.05, 0) is 32.7 Å². The summed E-state index contributed by atoms with van der Waals surface area (Å²) in [4.78, 5) is 0. The molecule has 0 aromatic carbocycles. The Labute approximate surface area is 99.2 Å². The first-order chi connectivity index (χ1) is 7.59. The molecule has 0 saturated heterocycles. The second-order valence-electron chi connectivity index (χ2n) is 5.21. The number of hydrogen-bond acceptors (Lipinski definition) is 3. The van der Waals surface area contributed by atoms with E-state index in [4.69, 9.17) is 10.00 Å². The molecule has 1 fully saturated rings. The maximum absolute atomic E-state index is 9.00. The van der Waals surface area contributed by atoms with Gasteiger partial charge in [-0.1, -0.05) is 19.8 Å². The van der Waals surface area contributed by atoms with Gasteiger partial charge in [0.1, 0.15) is 5.54 Å². The molecule has 0 bridgehead atoms. The van der Waals surface area contributed by atoms with Crippen LogP contribution in [-0.4, -0.2) is 25.3 Å². The minimum Gasteiger partial charge on any atom is -0.378 e. The number of nitrogens with one attached hydrogen (secondary N) is 1. The Morgan fingerprint density at radius 3 is 2.81 bits per heavy atom. The van der Waals surface area contributed by atoms with Crippen molar-refractivity contribution in [2.45, 2.75) is 57.6 Å². The second kappa shape index (κ2) is 6.22. The van der Waals surface area contributed by atoms with Gasteiger partial charge in [0, 0.05) is 13.0 Å². The molecule has 1 N–H and O–H groups in total. The zero-order valence-corrected chi connectivity index (χ0v) is 10.8. The van der Waals surface area contributed by atoms with Crippen molar-refractivity contribution in [2.24, 2.45) is 5.92 Å². The molecule has 0 radical (unpaired) electrons. The van der Waals surface area contributed by atoms with Crippen LogP contribution < -0.4 is 5.32 Å². The Bertz CT molecular complexity index is 249. The van der Waals surface area contributed by atoms with Gasteiger partial charge < -0.3 is 10.1 Å². The third kappa shape index (κ3) is 4.11. The Hall–Kier alpha value is -0.590. The largest absolute Gasteiger partial charge is 0.378 e. The third-order valence-electron chi connectivity index (χ3n) is 3.64. The average molecular weight is 224 g/mol. The Balaban J connectivity index is 2.22. The van der Waals surface area contributed by atoms with E-state index in [1.165, 1.54) is 25.7 Å². The molecule has 1 rings (SSSR count). The van der Waals surface area contributed by atoms with E-state index in [1.54, 1.807) is 0 Å². The summed E-state index contributed by atoms with van der Waals surface area (Å²) in [7, 11) is 1.83. The number of hydrogen-bond donors (Lipinski definition) is 1. The predicted octanol–water partition coefficient (Wildman–Crippen LogP) is 2.47. The summed E-state index contributed by atoms with van der Waals surface area (Å²) in [5.74, 6) is 0.797. The van der Waals surface area contributed by atoms with E-state index in [2.05, 4.69) is 18.3 Å². The minimum absolute atomic E-state index is 0.420. The molecule has 0 aliphatic heterocycles. The second-order valence-corrected chi connectivity index (χ2v) is 5.21. The van der Waals surface area contributed by atoms with Crippen LogP contribution in [0.3, 0.4) is 0 Å². The summed E-state index contributed by atoms with van der Waals surface area (Å²) in [6.07, 6.45) is 6.17. The fourth-order valence-corrected chi connectivity index (χ4v) is 2.20. The van der Waals surface area contributed by atoms with Crippen LogP contribution in [-0.2, 0) is 4.74 Å². The van der Waals surface area contributed by atoms with Crippen LogP contribution in [0.25, 0.3) is 0 Å². The summed E-state index contributed by atoms with van der Waals surface area (Å²) < 4.78 is 5.86. The molecule has 0 aromatic rings.